The molecule has 0 saturated carbocycles. The summed E-state index contributed by atoms with van der Waals surface area (Å²) in [4.78, 5) is 3.89. The number of nitrogens with zero attached hydrogens (tertiary/aromatic N) is 2. The van der Waals surface area contributed by atoms with Gasteiger partial charge in [0.05, 0.1) is 0 Å². The molecule has 0 fully saturated rings. The Bertz CT molecular complexity index is 744. The Kier molecular flexibility index (Phi) is 4.27. The molecule has 0 radical (unpaired) electrons. The van der Waals surface area contributed by atoms with Crippen LogP contribution in [0.1, 0.15) is 11.1 Å². The highest BCUT2D eigenvalue weighted by molar-refractivity contribution is 6.31. The highest BCUT2D eigenvalue weighted by Crippen LogP contribution is 2.31. The van der Waals surface area contributed by atoms with Crippen LogP contribution in [0.5, 0.6) is 0 Å². The third-order valence-electron chi connectivity index (χ3n) is 3.20. The predicted molar refractivity (Wildman–Crippen MR) is 88.5 cm³/mol. The van der Waals surface area contributed by atoms with E-state index in [9.17, 15) is 4.39 Å². The topological polar surface area (TPSA) is 17.8 Å². The molecule has 110 valence electrons. The average molecular weight is 333 g/mol. The molecule has 0 N–H and O–H groups in total. The van der Waals surface area contributed by atoms with Crippen LogP contribution in [0.2, 0.25) is 10.0 Å². The maximum Gasteiger partial charge on any atom is 0.207 e. The second kappa shape index (κ2) is 6.34. The molecule has 0 unspecified atom stereocenters. The smallest absolute Gasteiger partial charge is 0.207 e. The third kappa shape index (κ3) is 3.06. The Balaban J connectivity index is 2.20. The summed E-state index contributed by atoms with van der Waals surface area (Å²) >= 11 is 11.8. The normalized spacial score (nSPS) is 10.5. The fourth-order valence-electron chi connectivity index (χ4n) is 2.14. The van der Waals surface area contributed by atoms with Gasteiger partial charge in [-0.2, -0.15) is 4.39 Å². The van der Waals surface area contributed by atoms with Gasteiger partial charge in [-0.25, -0.2) is 4.98 Å². The SMILES string of the molecule is FC(=C(c1ccc(Cl)cc1)c1ccc(Cl)cc1)n1ccnc1. The molecule has 0 atom stereocenters. The molecule has 5 heteroatoms. The first-order valence-electron chi connectivity index (χ1n) is 6.55. The van der Waals surface area contributed by atoms with Crippen LogP contribution in [0.25, 0.3) is 11.5 Å². The van der Waals surface area contributed by atoms with Gasteiger partial charge in [0.2, 0.25) is 5.95 Å². The minimum Gasteiger partial charge on any atom is -0.282 e. The zero-order valence-electron chi connectivity index (χ0n) is 11.4. The van der Waals surface area contributed by atoms with Crippen LogP contribution in [0, 0.1) is 0 Å². The van der Waals surface area contributed by atoms with Crippen LogP contribution in [-0.2, 0) is 0 Å². The Morgan fingerprint density at radius 3 is 1.77 bits per heavy atom. The number of rotatable bonds is 3. The van der Waals surface area contributed by atoms with Crippen molar-refractivity contribution in [3.8, 4) is 0 Å². The van der Waals surface area contributed by atoms with Gasteiger partial charge < -0.3 is 0 Å². The third-order valence-corrected chi connectivity index (χ3v) is 3.71. The van der Waals surface area contributed by atoms with E-state index in [1.54, 1.807) is 54.7 Å². The lowest BCUT2D eigenvalue weighted by atomic mass is 9.98. The van der Waals surface area contributed by atoms with E-state index in [1.165, 1.54) is 17.1 Å². The first-order chi connectivity index (χ1) is 10.6. The molecule has 3 rings (SSSR count). The summed E-state index contributed by atoms with van der Waals surface area (Å²) in [5.74, 6) is -0.415. The Hall–Kier alpha value is -2.10. The van der Waals surface area contributed by atoms with Crippen molar-refractivity contribution in [1.82, 2.24) is 9.55 Å². The van der Waals surface area contributed by atoms with Crippen LogP contribution < -0.4 is 0 Å². The van der Waals surface area contributed by atoms with Gasteiger partial charge in [0, 0.05) is 28.0 Å². The Labute approximate surface area is 137 Å². The summed E-state index contributed by atoms with van der Waals surface area (Å²) in [7, 11) is 0. The second-order valence-corrected chi connectivity index (χ2v) is 5.52. The van der Waals surface area contributed by atoms with Crippen molar-refractivity contribution in [3.63, 3.8) is 0 Å². The quantitative estimate of drug-likeness (QED) is 0.616. The zero-order chi connectivity index (χ0) is 15.5. The summed E-state index contributed by atoms with van der Waals surface area (Å²) in [6.07, 6.45) is 4.50. The van der Waals surface area contributed by atoms with Crippen molar-refractivity contribution in [2.45, 2.75) is 0 Å². The van der Waals surface area contributed by atoms with E-state index in [1.807, 2.05) is 0 Å². The van der Waals surface area contributed by atoms with Crippen LogP contribution in [0.15, 0.2) is 67.3 Å². The van der Waals surface area contributed by atoms with E-state index in [4.69, 9.17) is 23.2 Å². The first-order valence-corrected chi connectivity index (χ1v) is 7.31. The molecule has 1 aromatic heterocycles. The number of halogens is 3. The summed E-state index contributed by atoms with van der Waals surface area (Å²) in [5, 5.41) is 1.20. The fraction of sp³-hybridized carbons (Fsp3) is 0. The number of hydrogen-bond donors (Lipinski definition) is 0. The average Bonchev–Trinajstić information content (AvgIpc) is 3.05. The van der Waals surface area contributed by atoms with Gasteiger partial charge in [-0.3, -0.25) is 4.57 Å². The molecule has 2 nitrogen and oxygen atoms in total. The molecular weight excluding hydrogens is 322 g/mol. The zero-order valence-corrected chi connectivity index (χ0v) is 12.9. The fourth-order valence-corrected chi connectivity index (χ4v) is 2.39. The van der Waals surface area contributed by atoms with E-state index in [0.29, 0.717) is 15.6 Å². The molecule has 22 heavy (non-hydrogen) atoms. The van der Waals surface area contributed by atoms with Gasteiger partial charge in [0.25, 0.3) is 0 Å². The molecule has 0 bridgehead atoms. The molecule has 0 aliphatic heterocycles. The lowest BCUT2D eigenvalue weighted by molar-refractivity contribution is 0.690. The molecule has 0 amide bonds. The molecular formula is C17H11Cl2FN2. The standard InChI is InChI=1S/C17H11Cl2FN2/c18-14-5-1-12(2-6-14)16(13-3-7-15(19)8-4-13)17(20)22-10-9-21-11-22/h1-11H. The maximum absolute atomic E-state index is 14.9. The Morgan fingerprint density at radius 2 is 1.36 bits per heavy atom. The monoisotopic (exact) mass is 332 g/mol. The summed E-state index contributed by atoms with van der Waals surface area (Å²) in [5.41, 5.74) is 1.89. The molecule has 0 spiro atoms. The number of benzene rings is 2. The van der Waals surface area contributed by atoms with Gasteiger partial charge in [-0.1, -0.05) is 47.5 Å². The lowest BCUT2D eigenvalue weighted by Crippen LogP contribution is -1.96. The van der Waals surface area contributed by atoms with Crippen LogP contribution in [-0.4, -0.2) is 9.55 Å². The highest BCUT2D eigenvalue weighted by atomic mass is 35.5. The lowest BCUT2D eigenvalue weighted by Gasteiger charge is -2.11. The number of imidazole rings is 1. The van der Waals surface area contributed by atoms with E-state index >= 15 is 0 Å². The van der Waals surface area contributed by atoms with Gasteiger partial charge in [0.15, 0.2) is 0 Å². The van der Waals surface area contributed by atoms with Crippen molar-refractivity contribution in [2.24, 2.45) is 0 Å². The predicted octanol–water partition coefficient (Wildman–Crippen LogP) is 5.53. The van der Waals surface area contributed by atoms with Crippen molar-refractivity contribution in [3.05, 3.63) is 88.4 Å². The van der Waals surface area contributed by atoms with Gasteiger partial charge >= 0.3 is 0 Å². The molecule has 3 aromatic rings. The maximum atomic E-state index is 14.9. The van der Waals surface area contributed by atoms with Crippen LogP contribution in [0.3, 0.4) is 0 Å². The Morgan fingerprint density at radius 1 is 0.864 bits per heavy atom. The minimum atomic E-state index is -0.415. The molecule has 0 aliphatic rings. The molecule has 2 aromatic carbocycles. The summed E-state index contributed by atoms with van der Waals surface area (Å²) < 4.78 is 16.3. The van der Waals surface area contributed by atoms with Crippen molar-refractivity contribution in [1.29, 1.82) is 0 Å². The minimum absolute atomic E-state index is 0.415. The second-order valence-electron chi connectivity index (χ2n) is 4.65. The van der Waals surface area contributed by atoms with E-state index in [0.717, 1.165) is 11.1 Å². The van der Waals surface area contributed by atoms with Gasteiger partial charge in [0.1, 0.15) is 6.33 Å². The van der Waals surface area contributed by atoms with E-state index in [2.05, 4.69) is 4.98 Å². The summed E-state index contributed by atoms with van der Waals surface area (Å²) in [6.45, 7) is 0. The van der Waals surface area contributed by atoms with E-state index < -0.39 is 5.95 Å². The van der Waals surface area contributed by atoms with Crippen LogP contribution >= 0.6 is 23.2 Å². The highest BCUT2D eigenvalue weighted by Gasteiger charge is 2.14. The first kappa shape index (κ1) is 14.8. The van der Waals surface area contributed by atoms with Crippen molar-refractivity contribution < 1.29 is 4.39 Å². The van der Waals surface area contributed by atoms with Crippen molar-refractivity contribution >= 4 is 34.7 Å². The molecule has 0 saturated heterocycles. The van der Waals surface area contributed by atoms with Crippen molar-refractivity contribution in [2.75, 3.05) is 0 Å². The molecule has 0 aliphatic carbocycles. The number of aromatic nitrogens is 2. The van der Waals surface area contributed by atoms with Gasteiger partial charge in [-0.05, 0) is 35.4 Å². The number of hydrogen-bond acceptors (Lipinski definition) is 1. The largest absolute Gasteiger partial charge is 0.282 e. The molecule has 1 heterocycles. The van der Waals surface area contributed by atoms with Gasteiger partial charge in [-0.15, -0.1) is 0 Å². The van der Waals surface area contributed by atoms with E-state index in [-0.39, 0.29) is 0 Å². The summed E-state index contributed by atoms with van der Waals surface area (Å²) in [6, 6.07) is 14.0. The van der Waals surface area contributed by atoms with Crippen LogP contribution in [0.4, 0.5) is 4.39 Å².